The van der Waals surface area contributed by atoms with Gasteiger partial charge < -0.3 is 0 Å². The van der Waals surface area contributed by atoms with Crippen LogP contribution < -0.4 is 0 Å². The Hall–Kier alpha value is -1.03. The summed E-state index contributed by atoms with van der Waals surface area (Å²) in [5.74, 6) is 0. The molecule has 0 radical (unpaired) electrons. The molecule has 0 aliphatic heterocycles. The summed E-state index contributed by atoms with van der Waals surface area (Å²) in [6.45, 7) is 0. The first-order valence-corrected chi connectivity index (χ1v) is 6.30. The van der Waals surface area contributed by atoms with E-state index in [9.17, 15) is 4.79 Å². The molecule has 17 heavy (non-hydrogen) atoms. The number of aldehydes is 1. The minimum absolute atomic E-state index is 0.538. The van der Waals surface area contributed by atoms with Crippen molar-refractivity contribution in [2.24, 2.45) is 0 Å². The number of nitrogens with zero attached hydrogens (tertiary/aromatic N) is 1. The molecule has 0 amide bonds. The smallest absolute Gasteiger partial charge is 0.150 e. The Morgan fingerprint density at radius 3 is 2.59 bits per heavy atom. The van der Waals surface area contributed by atoms with Crippen LogP contribution in [0.5, 0.6) is 0 Å². The van der Waals surface area contributed by atoms with Gasteiger partial charge in [0.1, 0.15) is 11.3 Å². The van der Waals surface area contributed by atoms with Crippen LogP contribution >= 0.6 is 35.0 Å². The van der Waals surface area contributed by atoms with Gasteiger partial charge in [-0.15, -0.1) is 0 Å². The molecule has 1 aromatic heterocycles. The maximum absolute atomic E-state index is 10.6. The van der Waals surface area contributed by atoms with E-state index in [1.807, 2.05) is 6.07 Å². The highest BCUT2D eigenvalue weighted by atomic mass is 35.5. The van der Waals surface area contributed by atoms with Crippen LogP contribution in [-0.4, -0.2) is 11.3 Å². The first kappa shape index (κ1) is 12.4. The van der Waals surface area contributed by atoms with Crippen molar-refractivity contribution in [3.63, 3.8) is 0 Å². The molecule has 0 N–H and O–H groups in total. The standard InChI is InChI=1S/C12H7Cl2NOS/c13-9-2-4-12(15-6-9)17-11-3-1-8(7-16)5-10(11)14/h1-7H. The number of carbonyl (C=O) groups excluding carboxylic acids is 1. The lowest BCUT2D eigenvalue weighted by Gasteiger charge is -2.03. The van der Waals surface area contributed by atoms with Crippen molar-refractivity contribution in [1.82, 2.24) is 4.98 Å². The number of pyridine rings is 1. The van der Waals surface area contributed by atoms with E-state index < -0.39 is 0 Å². The number of carbonyl (C=O) groups is 1. The van der Waals surface area contributed by atoms with Gasteiger partial charge in [0.05, 0.1) is 10.0 Å². The second-order valence-corrected chi connectivity index (χ2v) is 5.13. The fourth-order valence-corrected chi connectivity index (χ4v) is 2.38. The third-order valence-corrected chi connectivity index (χ3v) is 3.68. The Morgan fingerprint density at radius 1 is 1.18 bits per heavy atom. The molecule has 2 rings (SSSR count). The van der Waals surface area contributed by atoms with Crippen LogP contribution in [-0.2, 0) is 0 Å². The average Bonchev–Trinajstić information content (AvgIpc) is 2.34. The molecule has 5 heteroatoms. The third-order valence-electron chi connectivity index (χ3n) is 2.01. The van der Waals surface area contributed by atoms with Crippen molar-refractivity contribution >= 4 is 41.2 Å². The van der Waals surface area contributed by atoms with Gasteiger partial charge in [0.25, 0.3) is 0 Å². The zero-order valence-corrected chi connectivity index (χ0v) is 10.9. The zero-order valence-electron chi connectivity index (χ0n) is 8.56. The molecular formula is C12H7Cl2NOS. The van der Waals surface area contributed by atoms with Crippen molar-refractivity contribution in [1.29, 1.82) is 0 Å². The maximum Gasteiger partial charge on any atom is 0.150 e. The summed E-state index contributed by atoms with van der Waals surface area (Å²) in [5, 5.41) is 1.93. The molecule has 0 atom stereocenters. The van der Waals surface area contributed by atoms with Gasteiger partial charge in [0, 0.05) is 16.7 Å². The van der Waals surface area contributed by atoms with Crippen LogP contribution in [0.1, 0.15) is 10.4 Å². The highest BCUT2D eigenvalue weighted by Crippen LogP contribution is 2.32. The third kappa shape index (κ3) is 3.22. The second kappa shape index (κ2) is 5.54. The first-order chi connectivity index (χ1) is 8.19. The molecule has 0 aliphatic rings. The van der Waals surface area contributed by atoms with E-state index in [4.69, 9.17) is 23.2 Å². The van der Waals surface area contributed by atoms with Gasteiger partial charge in [-0.3, -0.25) is 4.79 Å². The number of hydrogen-bond donors (Lipinski definition) is 0. The van der Waals surface area contributed by atoms with E-state index in [0.717, 1.165) is 16.2 Å². The maximum atomic E-state index is 10.6. The number of rotatable bonds is 3. The summed E-state index contributed by atoms with van der Waals surface area (Å²) in [5.41, 5.74) is 0.559. The van der Waals surface area contributed by atoms with E-state index in [1.165, 1.54) is 11.8 Å². The molecule has 0 bridgehead atoms. The largest absolute Gasteiger partial charge is 0.298 e. The molecule has 0 unspecified atom stereocenters. The number of benzene rings is 1. The summed E-state index contributed by atoms with van der Waals surface area (Å²) in [6, 6.07) is 8.73. The number of hydrogen-bond acceptors (Lipinski definition) is 3. The average molecular weight is 284 g/mol. The summed E-state index contributed by atoms with van der Waals surface area (Å²) in [7, 11) is 0. The molecule has 0 aliphatic carbocycles. The van der Waals surface area contributed by atoms with Crippen molar-refractivity contribution in [2.75, 3.05) is 0 Å². The van der Waals surface area contributed by atoms with E-state index in [-0.39, 0.29) is 0 Å². The van der Waals surface area contributed by atoms with E-state index in [0.29, 0.717) is 15.6 Å². The van der Waals surface area contributed by atoms with Crippen LogP contribution in [0.25, 0.3) is 0 Å². The van der Waals surface area contributed by atoms with Gasteiger partial charge in [-0.05, 0) is 24.3 Å². The van der Waals surface area contributed by atoms with Gasteiger partial charge in [-0.1, -0.05) is 41.0 Å². The van der Waals surface area contributed by atoms with Crippen molar-refractivity contribution in [2.45, 2.75) is 9.92 Å². The molecule has 0 spiro atoms. The molecule has 1 aromatic carbocycles. The van der Waals surface area contributed by atoms with Crippen molar-refractivity contribution in [3.8, 4) is 0 Å². The fourth-order valence-electron chi connectivity index (χ4n) is 1.21. The minimum Gasteiger partial charge on any atom is -0.298 e. The predicted molar refractivity (Wildman–Crippen MR) is 70.2 cm³/mol. The Bertz CT molecular complexity index is 543. The van der Waals surface area contributed by atoms with E-state index in [2.05, 4.69) is 4.98 Å². The van der Waals surface area contributed by atoms with Crippen LogP contribution in [0.4, 0.5) is 0 Å². The Balaban J connectivity index is 2.24. The quantitative estimate of drug-likeness (QED) is 0.785. The summed E-state index contributed by atoms with van der Waals surface area (Å²) in [4.78, 5) is 15.6. The summed E-state index contributed by atoms with van der Waals surface area (Å²) >= 11 is 13.2. The normalized spacial score (nSPS) is 10.2. The Morgan fingerprint density at radius 2 is 2.00 bits per heavy atom. The number of aromatic nitrogens is 1. The van der Waals surface area contributed by atoms with Crippen LogP contribution in [0.15, 0.2) is 46.5 Å². The lowest BCUT2D eigenvalue weighted by molar-refractivity contribution is 0.112. The van der Waals surface area contributed by atoms with Crippen molar-refractivity contribution < 1.29 is 4.79 Å². The fraction of sp³-hybridized carbons (Fsp3) is 0. The van der Waals surface area contributed by atoms with Crippen LogP contribution in [0.2, 0.25) is 10.0 Å². The molecule has 1 heterocycles. The van der Waals surface area contributed by atoms with Gasteiger partial charge in [0.15, 0.2) is 0 Å². The Labute approximate surface area is 113 Å². The van der Waals surface area contributed by atoms with Gasteiger partial charge in [-0.2, -0.15) is 0 Å². The van der Waals surface area contributed by atoms with Gasteiger partial charge >= 0.3 is 0 Å². The lowest BCUT2D eigenvalue weighted by atomic mass is 10.2. The molecular weight excluding hydrogens is 277 g/mol. The second-order valence-electron chi connectivity index (χ2n) is 3.22. The molecule has 86 valence electrons. The zero-order chi connectivity index (χ0) is 12.3. The lowest BCUT2D eigenvalue weighted by Crippen LogP contribution is -1.83. The summed E-state index contributed by atoms with van der Waals surface area (Å²) in [6.07, 6.45) is 2.35. The van der Waals surface area contributed by atoms with Gasteiger partial charge in [0.2, 0.25) is 0 Å². The van der Waals surface area contributed by atoms with Crippen molar-refractivity contribution in [3.05, 3.63) is 52.1 Å². The molecule has 2 aromatic rings. The predicted octanol–water partition coefficient (Wildman–Crippen LogP) is 4.35. The van der Waals surface area contributed by atoms with E-state index >= 15 is 0 Å². The van der Waals surface area contributed by atoms with Crippen LogP contribution in [0, 0.1) is 0 Å². The highest BCUT2D eigenvalue weighted by molar-refractivity contribution is 7.99. The van der Waals surface area contributed by atoms with Crippen LogP contribution in [0.3, 0.4) is 0 Å². The highest BCUT2D eigenvalue weighted by Gasteiger charge is 2.04. The summed E-state index contributed by atoms with van der Waals surface area (Å²) < 4.78 is 0. The SMILES string of the molecule is O=Cc1ccc(Sc2ccc(Cl)cn2)c(Cl)c1. The Kier molecular flexibility index (Phi) is 4.05. The monoisotopic (exact) mass is 283 g/mol. The van der Waals surface area contributed by atoms with Gasteiger partial charge in [-0.25, -0.2) is 4.98 Å². The topological polar surface area (TPSA) is 30.0 Å². The molecule has 0 saturated heterocycles. The minimum atomic E-state index is 0.538. The first-order valence-electron chi connectivity index (χ1n) is 4.73. The van der Waals surface area contributed by atoms with E-state index in [1.54, 1.807) is 30.5 Å². The molecule has 0 fully saturated rings. The molecule has 0 saturated carbocycles. The number of halogens is 2. The molecule has 2 nitrogen and oxygen atoms in total.